The van der Waals surface area contributed by atoms with E-state index in [2.05, 4.69) is 4.74 Å². The van der Waals surface area contributed by atoms with Gasteiger partial charge in [-0.15, -0.1) is 0 Å². The molecule has 1 rings (SSSR count). The standard InChI is InChI=1S/C11H8F15NO/c12-5(13,6(14,15)8(18,19)10(22,23)24)7(16,17)9(20,21)11(25,26)27-1-3-28-4-2-27/h1-4H2. The number of morpholine rings is 1. The van der Waals surface area contributed by atoms with Gasteiger partial charge in [0.25, 0.3) is 0 Å². The van der Waals surface area contributed by atoms with Crippen LogP contribution in [0.5, 0.6) is 0 Å². The second kappa shape index (κ2) is 6.70. The molecule has 0 atom stereocenters. The molecule has 1 saturated heterocycles. The molecule has 1 aliphatic heterocycles. The second-order valence-corrected chi connectivity index (χ2v) is 5.51. The summed E-state index contributed by atoms with van der Waals surface area (Å²) in [5, 5.41) is 0. The Balaban J connectivity index is 3.48. The minimum Gasteiger partial charge on any atom is -0.379 e. The summed E-state index contributed by atoms with van der Waals surface area (Å²) < 4.78 is 199. The van der Waals surface area contributed by atoms with Crippen LogP contribution in [0.3, 0.4) is 0 Å². The molecular weight excluding hydrogens is 447 g/mol. The summed E-state index contributed by atoms with van der Waals surface area (Å²) in [7, 11) is 0. The Bertz CT molecular complexity index is 563. The van der Waals surface area contributed by atoms with E-state index in [9.17, 15) is 65.9 Å². The van der Waals surface area contributed by atoms with E-state index in [1.165, 1.54) is 0 Å². The topological polar surface area (TPSA) is 12.5 Å². The first-order valence-corrected chi connectivity index (χ1v) is 6.77. The lowest BCUT2D eigenvalue weighted by Gasteiger charge is -2.44. The van der Waals surface area contributed by atoms with Gasteiger partial charge in [-0.3, -0.25) is 0 Å². The van der Waals surface area contributed by atoms with Gasteiger partial charge in [0, 0.05) is 13.1 Å². The zero-order valence-electron chi connectivity index (χ0n) is 12.9. The molecule has 28 heavy (non-hydrogen) atoms. The molecule has 0 aromatic rings. The SMILES string of the molecule is FC(F)(F)C(F)(F)C(F)(F)C(F)(F)C(F)(F)C(F)(F)C(F)(F)N1CCOCC1. The summed E-state index contributed by atoms with van der Waals surface area (Å²) in [6.45, 7) is -4.20. The van der Waals surface area contributed by atoms with Crippen molar-refractivity contribution >= 4 is 0 Å². The van der Waals surface area contributed by atoms with E-state index in [0.717, 1.165) is 0 Å². The van der Waals surface area contributed by atoms with Gasteiger partial charge >= 0.3 is 41.8 Å². The summed E-state index contributed by atoms with van der Waals surface area (Å²) in [5.74, 6) is -40.0. The first-order valence-electron chi connectivity index (χ1n) is 6.77. The number of halogens is 15. The van der Waals surface area contributed by atoms with Gasteiger partial charge < -0.3 is 4.74 Å². The van der Waals surface area contributed by atoms with Crippen molar-refractivity contribution < 1.29 is 70.6 Å². The van der Waals surface area contributed by atoms with Crippen molar-refractivity contribution in [2.75, 3.05) is 26.3 Å². The van der Waals surface area contributed by atoms with Crippen LogP contribution in [0.1, 0.15) is 0 Å². The van der Waals surface area contributed by atoms with Crippen LogP contribution in [0.4, 0.5) is 65.9 Å². The molecule has 17 heteroatoms. The molecule has 0 amide bonds. The molecule has 1 aliphatic rings. The van der Waals surface area contributed by atoms with Crippen LogP contribution in [-0.4, -0.2) is 73.0 Å². The Kier molecular flexibility index (Phi) is 5.96. The highest BCUT2D eigenvalue weighted by Gasteiger charge is 2.93. The van der Waals surface area contributed by atoms with Gasteiger partial charge in [0.15, 0.2) is 0 Å². The predicted octanol–water partition coefficient (Wildman–Crippen LogP) is 4.65. The van der Waals surface area contributed by atoms with Crippen LogP contribution in [0.2, 0.25) is 0 Å². The van der Waals surface area contributed by atoms with Crippen molar-refractivity contribution in [2.24, 2.45) is 0 Å². The van der Waals surface area contributed by atoms with E-state index in [4.69, 9.17) is 0 Å². The van der Waals surface area contributed by atoms with Gasteiger partial charge in [-0.2, -0.15) is 65.9 Å². The Labute approximate surface area is 145 Å². The summed E-state index contributed by atoms with van der Waals surface area (Å²) in [5.41, 5.74) is 0. The molecule has 1 fully saturated rings. The fourth-order valence-corrected chi connectivity index (χ4v) is 2.00. The van der Waals surface area contributed by atoms with Crippen molar-refractivity contribution in [1.82, 2.24) is 4.90 Å². The van der Waals surface area contributed by atoms with E-state index in [0.29, 0.717) is 0 Å². The Morgan fingerprint density at radius 1 is 0.464 bits per heavy atom. The molecule has 0 unspecified atom stereocenters. The molecule has 168 valence electrons. The smallest absolute Gasteiger partial charge is 0.379 e. The number of rotatable bonds is 6. The van der Waals surface area contributed by atoms with Crippen molar-refractivity contribution in [3.8, 4) is 0 Å². The van der Waals surface area contributed by atoms with Crippen LogP contribution < -0.4 is 0 Å². The van der Waals surface area contributed by atoms with Crippen LogP contribution in [-0.2, 0) is 4.74 Å². The molecule has 0 radical (unpaired) electrons. The number of hydrogen-bond acceptors (Lipinski definition) is 2. The van der Waals surface area contributed by atoms with E-state index < -0.39 is 73.0 Å². The van der Waals surface area contributed by atoms with Crippen LogP contribution in [0.25, 0.3) is 0 Å². The highest BCUT2D eigenvalue weighted by Crippen LogP contribution is 2.62. The average Bonchev–Trinajstić information content (AvgIpc) is 2.53. The van der Waals surface area contributed by atoms with Crippen LogP contribution >= 0.6 is 0 Å². The third-order valence-electron chi connectivity index (χ3n) is 3.72. The fraction of sp³-hybridized carbons (Fsp3) is 1.00. The van der Waals surface area contributed by atoms with Crippen LogP contribution in [0.15, 0.2) is 0 Å². The Morgan fingerprint density at radius 3 is 1.14 bits per heavy atom. The molecule has 0 N–H and O–H groups in total. The molecule has 0 spiro atoms. The summed E-state index contributed by atoms with van der Waals surface area (Å²) in [4.78, 5) is -0.888. The number of ether oxygens (including phenoxy) is 1. The van der Waals surface area contributed by atoms with E-state index in [-0.39, 0.29) is 0 Å². The van der Waals surface area contributed by atoms with Gasteiger partial charge in [-0.25, -0.2) is 4.90 Å². The van der Waals surface area contributed by atoms with Gasteiger partial charge in [0.05, 0.1) is 13.2 Å². The van der Waals surface area contributed by atoms with Crippen molar-refractivity contribution in [1.29, 1.82) is 0 Å². The molecular formula is C11H8F15NO. The van der Waals surface area contributed by atoms with Crippen molar-refractivity contribution in [3.05, 3.63) is 0 Å². The first kappa shape index (κ1) is 24.9. The largest absolute Gasteiger partial charge is 0.460 e. The molecule has 1 heterocycles. The van der Waals surface area contributed by atoms with E-state index in [1.54, 1.807) is 0 Å². The average molecular weight is 455 g/mol. The summed E-state index contributed by atoms with van der Waals surface area (Å²) in [6, 6.07) is -6.34. The lowest BCUT2D eigenvalue weighted by atomic mass is 9.92. The molecule has 0 aromatic heterocycles. The van der Waals surface area contributed by atoms with E-state index in [1.807, 2.05) is 0 Å². The van der Waals surface area contributed by atoms with Gasteiger partial charge in [-0.05, 0) is 0 Å². The normalized spacial score (nSPS) is 19.8. The molecule has 0 aromatic carbocycles. The van der Waals surface area contributed by atoms with Gasteiger partial charge in [-0.1, -0.05) is 0 Å². The zero-order valence-corrected chi connectivity index (χ0v) is 12.9. The minimum absolute atomic E-state index is 0.810. The molecule has 0 saturated carbocycles. The predicted molar refractivity (Wildman–Crippen MR) is 58.1 cm³/mol. The summed E-state index contributed by atoms with van der Waals surface area (Å²) >= 11 is 0. The second-order valence-electron chi connectivity index (χ2n) is 5.51. The maximum absolute atomic E-state index is 13.7. The van der Waals surface area contributed by atoms with Crippen molar-refractivity contribution in [2.45, 2.75) is 41.8 Å². The highest BCUT2D eigenvalue weighted by atomic mass is 19.4. The third kappa shape index (κ3) is 3.17. The minimum atomic E-state index is -8.25. The lowest BCUT2D eigenvalue weighted by molar-refractivity contribution is -0.461. The first-order chi connectivity index (χ1) is 12.1. The molecule has 0 aliphatic carbocycles. The summed E-state index contributed by atoms with van der Waals surface area (Å²) in [6.07, 6.45) is -7.60. The van der Waals surface area contributed by atoms with E-state index >= 15 is 0 Å². The Hall–Kier alpha value is -1.13. The number of alkyl halides is 15. The number of hydrogen-bond donors (Lipinski definition) is 0. The van der Waals surface area contributed by atoms with Crippen LogP contribution in [0, 0.1) is 0 Å². The highest BCUT2D eigenvalue weighted by molar-refractivity contribution is 5.12. The maximum Gasteiger partial charge on any atom is 0.460 e. The van der Waals surface area contributed by atoms with Crippen molar-refractivity contribution in [3.63, 3.8) is 0 Å². The maximum atomic E-state index is 13.7. The Morgan fingerprint density at radius 2 is 0.786 bits per heavy atom. The third-order valence-corrected chi connectivity index (χ3v) is 3.72. The quantitative estimate of drug-likeness (QED) is 0.427. The molecule has 2 nitrogen and oxygen atoms in total. The van der Waals surface area contributed by atoms with Gasteiger partial charge in [0.2, 0.25) is 0 Å². The fourth-order valence-electron chi connectivity index (χ4n) is 2.00. The van der Waals surface area contributed by atoms with Gasteiger partial charge in [0.1, 0.15) is 0 Å². The monoisotopic (exact) mass is 455 g/mol. The lowest BCUT2D eigenvalue weighted by Crippen LogP contribution is -2.74. The molecule has 0 bridgehead atoms. The number of nitrogens with zero attached hydrogens (tertiary/aromatic N) is 1. The zero-order chi connectivity index (χ0) is 22.6.